The van der Waals surface area contributed by atoms with Gasteiger partial charge in [0.15, 0.2) is 0 Å². The number of nitrogens with zero attached hydrogens (tertiary/aromatic N) is 1. The summed E-state index contributed by atoms with van der Waals surface area (Å²) in [5.74, 6) is 0.191. The van der Waals surface area contributed by atoms with Crippen LogP contribution in [0.25, 0.3) is 0 Å². The molecule has 0 saturated heterocycles. The van der Waals surface area contributed by atoms with Crippen LogP contribution in [0.2, 0.25) is 0 Å². The number of hydrogen-bond acceptors (Lipinski definition) is 6. The average molecular weight is 441 g/mol. The Morgan fingerprint density at radius 1 is 1.10 bits per heavy atom. The predicted molar refractivity (Wildman–Crippen MR) is 109 cm³/mol. The van der Waals surface area contributed by atoms with E-state index in [4.69, 9.17) is 9.47 Å². The number of nitro groups is 1. The van der Waals surface area contributed by atoms with E-state index < -0.39 is 40.0 Å². The second-order valence-electron chi connectivity index (χ2n) is 6.36. The molecule has 31 heavy (non-hydrogen) atoms. The van der Waals surface area contributed by atoms with Crippen molar-refractivity contribution in [2.24, 2.45) is 0 Å². The second kappa shape index (κ2) is 10.0. The number of nitrogens with one attached hydrogen (secondary N) is 2. The number of alkyl halides is 3. The highest BCUT2D eigenvalue weighted by atomic mass is 19.4. The van der Waals surface area contributed by atoms with E-state index in [1.54, 1.807) is 25.1 Å². The Balaban J connectivity index is 2.25. The monoisotopic (exact) mass is 441 g/mol. The van der Waals surface area contributed by atoms with Crippen LogP contribution in [0.3, 0.4) is 0 Å². The van der Waals surface area contributed by atoms with E-state index in [1.807, 2.05) is 6.92 Å². The zero-order valence-corrected chi connectivity index (χ0v) is 17.1. The maximum absolute atomic E-state index is 13.3. The van der Waals surface area contributed by atoms with Crippen LogP contribution in [0.5, 0.6) is 11.5 Å². The van der Waals surface area contributed by atoms with Crippen LogP contribution >= 0.6 is 0 Å². The summed E-state index contributed by atoms with van der Waals surface area (Å²) < 4.78 is 50.9. The maximum atomic E-state index is 13.3. The Morgan fingerprint density at radius 2 is 1.77 bits per heavy atom. The molecule has 11 heteroatoms. The number of halogens is 3. The summed E-state index contributed by atoms with van der Waals surface area (Å²) in [7, 11) is 0. The van der Waals surface area contributed by atoms with E-state index in [9.17, 15) is 28.1 Å². The minimum atomic E-state index is -4.89. The van der Waals surface area contributed by atoms with Gasteiger partial charge >= 0.3 is 6.18 Å². The van der Waals surface area contributed by atoms with Crippen molar-refractivity contribution in [3.63, 3.8) is 0 Å². The molecule has 1 atom stereocenters. The topological polar surface area (TPSA) is 103 Å². The maximum Gasteiger partial charge on any atom is 0.418 e. The van der Waals surface area contributed by atoms with Gasteiger partial charge in [0.05, 0.1) is 35.1 Å². The minimum absolute atomic E-state index is 0.362. The van der Waals surface area contributed by atoms with Gasteiger partial charge in [-0.1, -0.05) is 0 Å². The van der Waals surface area contributed by atoms with Gasteiger partial charge in [-0.3, -0.25) is 14.9 Å². The van der Waals surface area contributed by atoms with E-state index in [2.05, 4.69) is 10.6 Å². The lowest BCUT2D eigenvalue weighted by Gasteiger charge is -2.20. The van der Waals surface area contributed by atoms with Crippen molar-refractivity contribution in [3.05, 3.63) is 52.1 Å². The lowest BCUT2D eigenvalue weighted by atomic mass is 10.1. The van der Waals surface area contributed by atoms with Crippen LogP contribution in [0.15, 0.2) is 36.4 Å². The number of hydrogen-bond donors (Lipinski definition) is 2. The van der Waals surface area contributed by atoms with Crippen LogP contribution in [0, 0.1) is 10.1 Å². The van der Waals surface area contributed by atoms with Gasteiger partial charge in [-0.05, 0) is 39.0 Å². The molecular weight excluding hydrogens is 419 g/mol. The molecule has 0 aliphatic carbocycles. The minimum Gasteiger partial charge on any atom is -0.494 e. The van der Waals surface area contributed by atoms with Gasteiger partial charge in [-0.15, -0.1) is 0 Å². The highest BCUT2D eigenvalue weighted by Crippen LogP contribution is 2.37. The Labute approximate surface area is 176 Å². The van der Waals surface area contributed by atoms with Gasteiger partial charge in [0.2, 0.25) is 5.91 Å². The van der Waals surface area contributed by atoms with E-state index in [1.165, 1.54) is 6.92 Å². The van der Waals surface area contributed by atoms with Crippen LogP contribution in [0.1, 0.15) is 26.3 Å². The Kier molecular flexibility index (Phi) is 7.67. The molecule has 0 heterocycles. The Bertz CT molecular complexity index is 950. The molecular formula is C20H22F3N3O5. The molecule has 0 aromatic heterocycles. The Hall–Kier alpha value is -3.50. The molecule has 0 fully saturated rings. The lowest BCUT2D eigenvalue weighted by molar-refractivity contribution is -0.385. The highest BCUT2D eigenvalue weighted by Gasteiger charge is 2.36. The van der Waals surface area contributed by atoms with Crippen molar-refractivity contribution in [3.8, 4) is 11.5 Å². The molecule has 0 saturated carbocycles. The molecule has 0 radical (unpaired) electrons. The summed E-state index contributed by atoms with van der Waals surface area (Å²) in [4.78, 5) is 22.4. The number of nitro benzene ring substituents is 1. The van der Waals surface area contributed by atoms with Gasteiger partial charge < -0.3 is 20.1 Å². The smallest absolute Gasteiger partial charge is 0.418 e. The van der Waals surface area contributed by atoms with Crippen molar-refractivity contribution in [2.45, 2.75) is 33.0 Å². The first kappa shape index (κ1) is 23.8. The molecule has 0 bridgehead atoms. The number of amides is 1. The van der Waals surface area contributed by atoms with Crippen molar-refractivity contribution in [1.82, 2.24) is 0 Å². The largest absolute Gasteiger partial charge is 0.494 e. The number of benzene rings is 2. The predicted octanol–water partition coefficient (Wildman–Crippen LogP) is 4.85. The van der Waals surface area contributed by atoms with E-state index in [-0.39, 0.29) is 0 Å². The Morgan fingerprint density at radius 3 is 2.35 bits per heavy atom. The molecule has 168 valence electrons. The summed E-state index contributed by atoms with van der Waals surface area (Å²) in [6, 6.07) is 6.12. The van der Waals surface area contributed by atoms with Gasteiger partial charge in [0.1, 0.15) is 17.5 Å². The third-order valence-electron chi connectivity index (χ3n) is 4.10. The van der Waals surface area contributed by atoms with Gasteiger partial charge in [0.25, 0.3) is 5.69 Å². The molecule has 0 aliphatic rings. The summed E-state index contributed by atoms with van der Waals surface area (Å²) in [6.45, 7) is 5.83. The average Bonchev–Trinajstić information content (AvgIpc) is 2.69. The molecule has 0 spiro atoms. The number of non-ortho nitro benzene ring substituents is 1. The highest BCUT2D eigenvalue weighted by molar-refractivity contribution is 5.97. The first-order valence-corrected chi connectivity index (χ1v) is 9.39. The first-order valence-electron chi connectivity index (χ1n) is 9.39. The number of rotatable bonds is 9. The van der Waals surface area contributed by atoms with Gasteiger partial charge in [0, 0.05) is 18.2 Å². The van der Waals surface area contributed by atoms with Gasteiger partial charge in [-0.25, -0.2) is 0 Å². The molecule has 8 nitrogen and oxygen atoms in total. The molecule has 1 unspecified atom stereocenters. The van der Waals surface area contributed by atoms with Crippen molar-refractivity contribution >= 4 is 23.0 Å². The van der Waals surface area contributed by atoms with E-state index >= 15 is 0 Å². The standard InChI is InChI=1S/C20H22F3N3O5/c1-4-30-14-7-9-18(31-5-2)17(11-14)24-12(3)19(27)25-16-8-6-13(26(28)29)10-15(16)20(21,22)23/h6-12,24H,4-5H2,1-3H3,(H,25,27). The van der Waals surface area contributed by atoms with Crippen LogP contribution in [-0.2, 0) is 11.0 Å². The summed E-state index contributed by atoms with van der Waals surface area (Å²) in [6.07, 6.45) is -4.89. The summed E-state index contributed by atoms with van der Waals surface area (Å²) in [5, 5.41) is 15.9. The van der Waals surface area contributed by atoms with Crippen molar-refractivity contribution in [2.75, 3.05) is 23.8 Å². The lowest BCUT2D eigenvalue weighted by Crippen LogP contribution is -2.32. The fraction of sp³-hybridized carbons (Fsp3) is 0.350. The molecule has 0 aliphatic heterocycles. The molecule has 2 N–H and O–H groups in total. The van der Waals surface area contributed by atoms with Crippen LogP contribution in [0.4, 0.5) is 30.2 Å². The third kappa shape index (κ3) is 6.24. The second-order valence-corrected chi connectivity index (χ2v) is 6.36. The summed E-state index contributed by atoms with van der Waals surface area (Å²) in [5.41, 5.74) is -2.19. The normalized spacial score (nSPS) is 12.1. The van der Waals surface area contributed by atoms with Crippen molar-refractivity contribution < 1.29 is 32.4 Å². The van der Waals surface area contributed by atoms with Crippen molar-refractivity contribution in [1.29, 1.82) is 0 Å². The SMILES string of the molecule is CCOc1ccc(OCC)c(NC(C)C(=O)Nc2ccc([N+](=O)[O-])cc2C(F)(F)F)c1. The number of carbonyl (C=O) groups excluding carboxylic acids is 1. The van der Waals surface area contributed by atoms with E-state index in [0.29, 0.717) is 36.5 Å². The first-order chi connectivity index (χ1) is 14.6. The van der Waals surface area contributed by atoms with E-state index in [0.717, 1.165) is 12.1 Å². The molecule has 2 aromatic carbocycles. The number of ether oxygens (including phenoxy) is 2. The van der Waals surface area contributed by atoms with Gasteiger partial charge in [-0.2, -0.15) is 13.2 Å². The fourth-order valence-corrected chi connectivity index (χ4v) is 2.69. The molecule has 2 rings (SSSR count). The van der Waals surface area contributed by atoms with Crippen LogP contribution < -0.4 is 20.1 Å². The zero-order chi connectivity index (χ0) is 23.2. The molecule has 2 aromatic rings. The quantitative estimate of drug-likeness (QED) is 0.426. The number of anilines is 2. The number of carbonyl (C=O) groups is 1. The molecule has 1 amide bonds. The fourth-order valence-electron chi connectivity index (χ4n) is 2.69. The van der Waals surface area contributed by atoms with Crippen LogP contribution in [-0.4, -0.2) is 30.1 Å². The third-order valence-corrected chi connectivity index (χ3v) is 4.10. The summed E-state index contributed by atoms with van der Waals surface area (Å²) >= 11 is 0. The zero-order valence-electron chi connectivity index (χ0n) is 17.1.